The molecule has 0 unspecified atom stereocenters. The van der Waals surface area contributed by atoms with Gasteiger partial charge in [0.15, 0.2) is 6.61 Å². The number of esters is 1. The number of anilines is 1. The number of benzene rings is 1. The SMILES string of the molecule is N#Cc1ccsc1NC(=O)COC(=O)CCc1cnn(-c2ccccc2)c1. The fraction of sp³-hybridized carbons (Fsp3) is 0.158. The van der Waals surface area contributed by atoms with E-state index in [9.17, 15) is 9.59 Å². The molecule has 0 aliphatic heterocycles. The Morgan fingerprint density at radius 1 is 1.26 bits per heavy atom. The molecule has 3 rings (SSSR count). The molecule has 0 bridgehead atoms. The normalized spacial score (nSPS) is 10.2. The third-order valence-electron chi connectivity index (χ3n) is 3.68. The van der Waals surface area contributed by atoms with Gasteiger partial charge in [0.2, 0.25) is 0 Å². The average molecular weight is 380 g/mol. The number of amides is 1. The standard InChI is InChI=1S/C19H16N4O3S/c20-10-15-8-9-27-19(15)22-17(24)13-26-18(25)7-6-14-11-21-23(12-14)16-4-2-1-3-5-16/h1-5,8-9,11-12H,6-7,13H2,(H,22,24). The van der Waals surface area contributed by atoms with Crippen LogP contribution in [0.4, 0.5) is 5.00 Å². The molecule has 2 aromatic heterocycles. The number of hydrogen-bond acceptors (Lipinski definition) is 6. The summed E-state index contributed by atoms with van der Waals surface area (Å²) in [6, 6.07) is 13.3. The maximum absolute atomic E-state index is 11.8. The highest BCUT2D eigenvalue weighted by atomic mass is 32.1. The van der Waals surface area contributed by atoms with Crippen molar-refractivity contribution < 1.29 is 14.3 Å². The number of para-hydroxylation sites is 1. The number of nitriles is 1. The van der Waals surface area contributed by atoms with Crippen molar-refractivity contribution in [3.8, 4) is 11.8 Å². The van der Waals surface area contributed by atoms with Crippen molar-refractivity contribution in [1.29, 1.82) is 5.26 Å². The minimum Gasteiger partial charge on any atom is -0.456 e. The minimum absolute atomic E-state index is 0.149. The smallest absolute Gasteiger partial charge is 0.306 e. The molecule has 0 saturated carbocycles. The van der Waals surface area contributed by atoms with E-state index in [1.807, 2.05) is 42.6 Å². The molecule has 1 N–H and O–H groups in total. The van der Waals surface area contributed by atoms with Crippen LogP contribution < -0.4 is 5.32 Å². The van der Waals surface area contributed by atoms with Gasteiger partial charge in [-0.25, -0.2) is 4.68 Å². The quantitative estimate of drug-likeness (QED) is 0.636. The number of hydrogen-bond donors (Lipinski definition) is 1. The molecular formula is C19H16N4O3S. The maximum Gasteiger partial charge on any atom is 0.306 e. The first kappa shape index (κ1) is 18.4. The molecule has 0 atom stereocenters. The van der Waals surface area contributed by atoms with E-state index in [2.05, 4.69) is 10.4 Å². The van der Waals surface area contributed by atoms with Crippen LogP contribution in [-0.4, -0.2) is 28.3 Å². The summed E-state index contributed by atoms with van der Waals surface area (Å²) in [5, 5.41) is 17.9. The largest absolute Gasteiger partial charge is 0.456 e. The summed E-state index contributed by atoms with van der Waals surface area (Å²) in [6.07, 6.45) is 4.18. The Kier molecular flexibility index (Phi) is 5.97. The average Bonchev–Trinajstić information content (AvgIpc) is 3.34. The highest BCUT2D eigenvalue weighted by Gasteiger charge is 2.11. The monoisotopic (exact) mass is 380 g/mol. The summed E-state index contributed by atoms with van der Waals surface area (Å²) in [4.78, 5) is 23.7. The van der Waals surface area contributed by atoms with Crippen LogP contribution in [0.15, 0.2) is 54.2 Å². The third kappa shape index (κ3) is 5.03. The zero-order valence-corrected chi connectivity index (χ0v) is 15.1. The fourth-order valence-corrected chi connectivity index (χ4v) is 3.09. The number of rotatable bonds is 7. The van der Waals surface area contributed by atoms with Crippen molar-refractivity contribution in [1.82, 2.24) is 9.78 Å². The Hall–Kier alpha value is -3.44. The second-order valence-electron chi connectivity index (χ2n) is 5.61. The van der Waals surface area contributed by atoms with Crippen LogP contribution in [0.5, 0.6) is 0 Å². The van der Waals surface area contributed by atoms with E-state index in [1.165, 1.54) is 11.3 Å². The Labute approximate surface area is 159 Å². The van der Waals surface area contributed by atoms with E-state index in [4.69, 9.17) is 10.00 Å². The molecule has 136 valence electrons. The maximum atomic E-state index is 11.8. The predicted octanol–water partition coefficient (Wildman–Crippen LogP) is 2.92. The van der Waals surface area contributed by atoms with Crippen LogP contribution in [0, 0.1) is 11.3 Å². The molecule has 0 aliphatic carbocycles. The second-order valence-corrected chi connectivity index (χ2v) is 6.53. The molecule has 0 fully saturated rings. The molecule has 0 saturated heterocycles. The number of carbonyl (C=O) groups is 2. The Morgan fingerprint density at radius 2 is 2.07 bits per heavy atom. The number of carbonyl (C=O) groups excluding carboxylic acids is 2. The second kappa shape index (κ2) is 8.78. The molecule has 0 aliphatic rings. The lowest BCUT2D eigenvalue weighted by atomic mass is 10.2. The number of ether oxygens (including phenoxy) is 1. The van der Waals surface area contributed by atoms with Crippen molar-refractivity contribution in [2.75, 3.05) is 11.9 Å². The summed E-state index contributed by atoms with van der Waals surface area (Å²) in [7, 11) is 0. The number of aryl methyl sites for hydroxylation is 1. The van der Waals surface area contributed by atoms with Gasteiger partial charge >= 0.3 is 5.97 Å². The molecule has 0 spiro atoms. The van der Waals surface area contributed by atoms with Gasteiger partial charge in [0.25, 0.3) is 5.91 Å². The van der Waals surface area contributed by atoms with Crippen molar-refractivity contribution in [2.45, 2.75) is 12.8 Å². The van der Waals surface area contributed by atoms with Gasteiger partial charge < -0.3 is 10.1 Å². The van der Waals surface area contributed by atoms with Gasteiger partial charge in [-0.2, -0.15) is 10.4 Å². The van der Waals surface area contributed by atoms with Crippen LogP contribution in [0.1, 0.15) is 17.5 Å². The summed E-state index contributed by atoms with van der Waals surface area (Å²) in [5.74, 6) is -0.941. The van der Waals surface area contributed by atoms with Gasteiger partial charge in [-0.1, -0.05) is 18.2 Å². The lowest BCUT2D eigenvalue weighted by molar-refractivity contribution is -0.147. The summed E-state index contributed by atoms with van der Waals surface area (Å²) >= 11 is 1.24. The van der Waals surface area contributed by atoms with E-state index in [0.29, 0.717) is 17.0 Å². The summed E-state index contributed by atoms with van der Waals surface area (Å²) < 4.78 is 6.72. The first-order chi connectivity index (χ1) is 13.2. The zero-order chi connectivity index (χ0) is 19.1. The van der Waals surface area contributed by atoms with Crippen molar-refractivity contribution in [2.24, 2.45) is 0 Å². The third-order valence-corrected chi connectivity index (χ3v) is 4.51. The van der Waals surface area contributed by atoms with Gasteiger partial charge in [-0.15, -0.1) is 11.3 Å². The van der Waals surface area contributed by atoms with E-state index >= 15 is 0 Å². The Morgan fingerprint density at radius 3 is 2.85 bits per heavy atom. The fourth-order valence-electron chi connectivity index (χ4n) is 2.33. The van der Waals surface area contributed by atoms with Crippen LogP contribution >= 0.6 is 11.3 Å². The zero-order valence-electron chi connectivity index (χ0n) is 14.3. The van der Waals surface area contributed by atoms with Crippen LogP contribution in [0.3, 0.4) is 0 Å². The van der Waals surface area contributed by atoms with Crippen molar-refractivity contribution in [3.05, 3.63) is 65.3 Å². The van der Waals surface area contributed by atoms with E-state index in [-0.39, 0.29) is 13.0 Å². The number of thiophene rings is 1. The highest BCUT2D eigenvalue weighted by Crippen LogP contribution is 2.21. The van der Waals surface area contributed by atoms with E-state index in [0.717, 1.165) is 11.3 Å². The molecular weight excluding hydrogens is 364 g/mol. The molecule has 0 radical (unpaired) electrons. The first-order valence-corrected chi connectivity index (χ1v) is 9.05. The predicted molar refractivity (Wildman–Crippen MR) is 101 cm³/mol. The molecule has 7 nitrogen and oxygen atoms in total. The number of nitrogens with one attached hydrogen (secondary N) is 1. The summed E-state index contributed by atoms with van der Waals surface area (Å²) in [6.45, 7) is -0.384. The molecule has 2 heterocycles. The number of aromatic nitrogens is 2. The van der Waals surface area contributed by atoms with Gasteiger partial charge in [0, 0.05) is 12.6 Å². The Balaban J connectivity index is 1.43. The van der Waals surface area contributed by atoms with Crippen molar-refractivity contribution >= 4 is 28.2 Å². The topological polar surface area (TPSA) is 97.0 Å². The lowest BCUT2D eigenvalue weighted by Gasteiger charge is -2.05. The van der Waals surface area contributed by atoms with Gasteiger partial charge in [-0.3, -0.25) is 9.59 Å². The van der Waals surface area contributed by atoms with Gasteiger partial charge in [-0.05, 0) is 35.6 Å². The summed E-state index contributed by atoms with van der Waals surface area (Å²) in [5.41, 5.74) is 2.22. The van der Waals surface area contributed by atoms with Gasteiger partial charge in [0.05, 0.1) is 17.4 Å². The first-order valence-electron chi connectivity index (χ1n) is 8.18. The van der Waals surface area contributed by atoms with Crippen LogP contribution in [-0.2, 0) is 20.7 Å². The minimum atomic E-state index is -0.473. The molecule has 27 heavy (non-hydrogen) atoms. The van der Waals surface area contributed by atoms with E-state index < -0.39 is 11.9 Å². The molecule has 8 heteroatoms. The molecule has 1 amide bonds. The lowest BCUT2D eigenvalue weighted by Crippen LogP contribution is -2.20. The van der Waals surface area contributed by atoms with Crippen molar-refractivity contribution in [3.63, 3.8) is 0 Å². The highest BCUT2D eigenvalue weighted by molar-refractivity contribution is 7.14. The Bertz CT molecular complexity index is 972. The molecule has 3 aromatic rings. The van der Waals surface area contributed by atoms with Crippen LogP contribution in [0.2, 0.25) is 0 Å². The number of nitrogens with zero attached hydrogens (tertiary/aromatic N) is 3. The van der Waals surface area contributed by atoms with E-state index in [1.54, 1.807) is 22.3 Å². The van der Waals surface area contributed by atoms with Gasteiger partial charge in [0.1, 0.15) is 11.1 Å². The van der Waals surface area contributed by atoms with Crippen LogP contribution in [0.25, 0.3) is 5.69 Å². The molecule has 1 aromatic carbocycles.